The number of aliphatic hydroxyl groups is 2. The molecule has 0 aromatic rings. The van der Waals surface area contributed by atoms with E-state index in [1.165, 1.54) is 57.8 Å². The molecule has 0 aliphatic carbocycles. The van der Waals surface area contributed by atoms with Gasteiger partial charge in [0.25, 0.3) is 0 Å². The third-order valence-electron chi connectivity index (χ3n) is 3.82. The van der Waals surface area contributed by atoms with E-state index in [0.717, 1.165) is 12.8 Å². The van der Waals surface area contributed by atoms with E-state index < -0.39 is 6.10 Å². The second-order valence-corrected chi connectivity index (χ2v) is 5.91. The van der Waals surface area contributed by atoms with Crippen LogP contribution in [0.25, 0.3) is 0 Å². The molecule has 3 nitrogen and oxygen atoms in total. The molecule has 0 saturated heterocycles. The Morgan fingerprint density at radius 2 is 1.48 bits per heavy atom. The molecular weight excluding hydrogens is 264 g/mol. The molecule has 0 heterocycles. The number of hydrogen-bond acceptors (Lipinski definition) is 3. The maximum absolute atomic E-state index is 9.24. The predicted octanol–water partition coefficient (Wildman–Crippen LogP) is 4.22. The molecule has 2 unspecified atom stereocenters. The zero-order valence-electron chi connectivity index (χ0n) is 13.9. The summed E-state index contributed by atoms with van der Waals surface area (Å²) < 4.78 is 5.50. The lowest BCUT2D eigenvalue weighted by Crippen LogP contribution is -2.23. The summed E-state index contributed by atoms with van der Waals surface area (Å²) in [6.07, 6.45) is 15.2. The minimum absolute atomic E-state index is 0.000226. The number of aliphatic hydroxyl groups excluding tert-OH is 2. The van der Waals surface area contributed by atoms with Crippen LogP contribution in [0.2, 0.25) is 0 Å². The summed E-state index contributed by atoms with van der Waals surface area (Å²) in [6.45, 7) is 5.95. The quantitative estimate of drug-likeness (QED) is 0.331. The molecule has 126 valence electrons. The van der Waals surface area contributed by atoms with Crippen LogP contribution < -0.4 is 0 Å². The van der Waals surface area contributed by atoms with Gasteiger partial charge in [-0.1, -0.05) is 77.2 Å². The van der Waals surface area contributed by atoms with Gasteiger partial charge in [0, 0.05) is 0 Å². The Labute approximate surface area is 131 Å². The van der Waals surface area contributed by atoms with E-state index in [2.05, 4.69) is 13.5 Å². The zero-order chi connectivity index (χ0) is 15.8. The first-order valence-electron chi connectivity index (χ1n) is 8.77. The van der Waals surface area contributed by atoms with Gasteiger partial charge in [-0.3, -0.25) is 0 Å². The second kappa shape index (κ2) is 16.0. The molecule has 0 aromatic heterocycles. The fourth-order valence-corrected chi connectivity index (χ4v) is 2.39. The number of rotatable bonds is 16. The minimum atomic E-state index is -0.778. The number of hydrogen-bond donors (Lipinski definition) is 2. The van der Waals surface area contributed by atoms with Gasteiger partial charge in [0.15, 0.2) is 0 Å². The molecule has 0 fully saturated rings. The summed E-state index contributed by atoms with van der Waals surface area (Å²) in [6, 6.07) is 0. The molecule has 0 bridgehead atoms. The zero-order valence-corrected chi connectivity index (χ0v) is 13.9. The number of unbranched alkanes of at least 4 members (excludes halogenated alkanes) is 9. The first kappa shape index (κ1) is 20.6. The van der Waals surface area contributed by atoms with Gasteiger partial charge in [-0.25, -0.2) is 0 Å². The highest BCUT2D eigenvalue weighted by Gasteiger charge is 2.08. The largest absolute Gasteiger partial charge is 0.394 e. The predicted molar refractivity (Wildman–Crippen MR) is 89.5 cm³/mol. The molecule has 2 atom stereocenters. The summed E-state index contributed by atoms with van der Waals surface area (Å²) in [4.78, 5) is 0. The number of ether oxygens (including phenoxy) is 1. The van der Waals surface area contributed by atoms with Crippen molar-refractivity contribution in [2.75, 3.05) is 13.2 Å². The summed E-state index contributed by atoms with van der Waals surface area (Å²) in [5, 5.41) is 18.0. The van der Waals surface area contributed by atoms with E-state index in [1.54, 1.807) is 6.08 Å². The van der Waals surface area contributed by atoms with Crippen LogP contribution in [0.4, 0.5) is 0 Å². The van der Waals surface area contributed by atoms with Gasteiger partial charge < -0.3 is 14.9 Å². The Morgan fingerprint density at radius 1 is 0.952 bits per heavy atom. The summed E-state index contributed by atoms with van der Waals surface area (Å²) >= 11 is 0. The van der Waals surface area contributed by atoms with Crippen molar-refractivity contribution in [3.05, 3.63) is 12.7 Å². The van der Waals surface area contributed by atoms with E-state index in [1.807, 2.05) is 0 Å². The van der Waals surface area contributed by atoms with Gasteiger partial charge in [0.05, 0.1) is 19.3 Å². The van der Waals surface area contributed by atoms with E-state index >= 15 is 0 Å². The normalized spacial score (nSPS) is 14.0. The summed E-state index contributed by atoms with van der Waals surface area (Å²) in [5.74, 6) is 0. The molecule has 0 amide bonds. The Morgan fingerprint density at radius 3 is 1.95 bits per heavy atom. The monoisotopic (exact) mass is 300 g/mol. The highest BCUT2D eigenvalue weighted by atomic mass is 16.5. The van der Waals surface area contributed by atoms with Crippen LogP contribution in [0.5, 0.6) is 0 Å². The van der Waals surface area contributed by atoms with Crippen molar-refractivity contribution in [3.8, 4) is 0 Å². The van der Waals surface area contributed by atoms with Crippen molar-refractivity contribution in [2.45, 2.75) is 89.8 Å². The third-order valence-corrected chi connectivity index (χ3v) is 3.82. The van der Waals surface area contributed by atoms with Crippen LogP contribution >= 0.6 is 0 Å². The topological polar surface area (TPSA) is 49.7 Å². The SMILES string of the molecule is C=CC(CCCCCCCCCCCC)OCC(O)CO. The van der Waals surface area contributed by atoms with Gasteiger partial charge in [0.2, 0.25) is 0 Å². The first-order chi connectivity index (χ1) is 10.2. The average Bonchev–Trinajstić information content (AvgIpc) is 2.51. The van der Waals surface area contributed by atoms with Crippen molar-refractivity contribution in [1.29, 1.82) is 0 Å². The lowest BCUT2D eigenvalue weighted by atomic mass is 10.0. The van der Waals surface area contributed by atoms with Gasteiger partial charge in [-0.2, -0.15) is 0 Å². The van der Waals surface area contributed by atoms with Crippen LogP contribution in [0.15, 0.2) is 12.7 Å². The highest BCUT2D eigenvalue weighted by Crippen LogP contribution is 2.13. The van der Waals surface area contributed by atoms with E-state index in [-0.39, 0.29) is 19.3 Å². The van der Waals surface area contributed by atoms with Gasteiger partial charge in [0.1, 0.15) is 6.10 Å². The van der Waals surface area contributed by atoms with Gasteiger partial charge in [-0.05, 0) is 6.42 Å². The molecule has 0 saturated carbocycles. The Bertz CT molecular complexity index is 219. The summed E-state index contributed by atoms with van der Waals surface area (Å²) in [5.41, 5.74) is 0. The van der Waals surface area contributed by atoms with Crippen molar-refractivity contribution in [1.82, 2.24) is 0 Å². The van der Waals surface area contributed by atoms with E-state index in [4.69, 9.17) is 9.84 Å². The molecule has 0 radical (unpaired) electrons. The lowest BCUT2D eigenvalue weighted by Gasteiger charge is -2.15. The summed E-state index contributed by atoms with van der Waals surface area (Å²) in [7, 11) is 0. The molecule has 0 aliphatic rings. The Balaban J connectivity index is 3.33. The molecule has 0 spiro atoms. The Kier molecular flexibility index (Phi) is 15.7. The van der Waals surface area contributed by atoms with Gasteiger partial charge in [-0.15, -0.1) is 6.58 Å². The van der Waals surface area contributed by atoms with Crippen LogP contribution in [-0.4, -0.2) is 35.6 Å². The Hall–Kier alpha value is -0.380. The molecule has 0 aliphatic heterocycles. The van der Waals surface area contributed by atoms with Crippen molar-refractivity contribution in [2.24, 2.45) is 0 Å². The molecular formula is C18H36O3. The van der Waals surface area contributed by atoms with E-state index in [0.29, 0.717) is 0 Å². The maximum Gasteiger partial charge on any atom is 0.100 e. The van der Waals surface area contributed by atoms with Crippen molar-refractivity contribution >= 4 is 0 Å². The van der Waals surface area contributed by atoms with Crippen LogP contribution in [0.3, 0.4) is 0 Å². The molecule has 0 rings (SSSR count). The van der Waals surface area contributed by atoms with Crippen molar-refractivity contribution in [3.63, 3.8) is 0 Å². The minimum Gasteiger partial charge on any atom is -0.394 e. The highest BCUT2D eigenvalue weighted by molar-refractivity contribution is 4.80. The fraction of sp³-hybridized carbons (Fsp3) is 0.889. The standard InChI is InChI=1S/C18H36O3/c1-3-5-6-7-8-9-10-11-12-13-14-18(4-2)21-16-17(20)15-19/h4,17-20H,2-3,5-16H2,1H3. The molecule has 0 aromatic carbocycles. The third kappa shape index (κ3) is 14.3. The van der Waals surface area contributed by atoms with Crippen LogP contribution in [-0.2, 0) is 4.74 Å². The molecule has 21 heavy (non-hydrogen) atoms. The smallest absolute Gasteiger partial charge is 0.100 e. The molecule has 3 heteroatoms. The van der Waals surface area contributed by atoms with E-state index in [9.17, 15) is 5.11 Å². The lowest BCUT2D eigenvalue weighted by molar-refractivity contribution is -0.0163. The second-order valence-electron chi connectivity index (χ2n) is 5.91. The first-order valence-corrected chi connectivity index (χ1v) is 8.77. The fourth-order valence-electron chi connectivity index (χ4n) is 2.39. The molecule has 2 N–H and O–H groups in total. The van der Waals surface area contributed by atoms with Crippen LogP contribution in [0, 0.1) is 0 Å². The maximum atomic E-state index is 9.24. The van der Waals surface area contributed by atoms with Gasteiger partial charge >= 0.3 is 0 Å². The van der Waals surface area contributed by atoms with Crippen LogP contribution in [0.1, 0.15) is 77.6 Å². The van der Waals surface area contributed by atoms with Crippen molar-refractivity contribution < 1.29 is 14.9 Å². The average molecular weight is 300 g/mol.